The van der Waals surface area contributed by atoms with Crippen LogP contribution in [0.2, 0.25) is 0 Å². The number of hydrogen-bond donors (Lipinski definition) is 0. The van der Waals surface area contributed by atoms with E-state index in [1.807, 2.05) is 0 Å². The van der Waals surface area contributed by atoms with Crippen LogP contribution in [0.4, 0.5) is 0 Å². The lowest BCUT2D eigenvalue weighted by Crippen LogP contribution is -2.31. The van der Waals surface area contributed by atoms with Crippen LogP contribution in [0, 0.1) is 104 Å². The summed E-state index contributed by atoms with van der Waals surface area (Å²) in [6, 6.07) is 70.3. The van der Waals surface area contributed by atoms with Gasteiger partial charge in [-0.2, -0.15) is 0 Å². The van der Waals surface area contributed by atoms with E-state index in [0.29, 0.717) is 5.92 Å². The Kier molecular flexibility index (Phi) is 21.9. The van der Waals surface area contributed by atoms with Crippen molar-refractivity contribution in [3.63, 3.8) is 0 Å². The summed E-state index contributed by atoms with van der Waals surface area (Å²) in [7, 11) is 8.48. The van der Waals surface area contributed by atoms with E-state index in [4.69, 9.17) is 0 Å². The Balaban J connectivity index is 0.000000148. The molecular formula is C90H100N4+4. The van der Waals surface area contributed by atoms with Gasteiger partial charge in [-0.3, -0.25) is 0 Å². The molecule has 4 aromatic heterocycles. The minimum absolute atomic E-state index is 0.530. The van der Waals surface area contributed by atoms with E-state index in [0.717, 1.165) is 0 Å². The molecule has 0 aliphatic carbocycles. The van der Waals surface area contributed by atoms with Crippen molar-refractivity contribution < 1.29 is 18.3 Å². The molecule has 0 spiro atoms. The summed E-state index contributed by atoms with van der Waals surface area (Å²) >= 11 is 0. The summed E-state index contributed by atoms with van der Waals surface area (Å²) in [5.74, 6) is 0.530. The molecule has 12 aromatic rings. The Morgan fingerprint density at radius 2 is 0.543 bits per heavy atom. The molecule has 0 atom stereocenters. The van der Waals surface area contributed by atoms with E-state index in [9.17, 15) is 0 Å². The van der Waals surface area contributed by atoms with E-state index >= 15 is 0 Å². The largest absolute Gasteiger partial charge is 0.212 e. The fraction of sp³-hybridized carbons (Fsp3) is 0.244. The van der Waals surface area contributed by atoms with Gasteiger partial charge in [0.2, 0.25) is 22.8 Å². The predicted molar refractivity (Wildman–Crippen MR) is 399 cm³/mol. The lowest BCUT2D eigenvalue weighted by molar-refractivity contribution is -0.660. The molecule has 0 saturated carbocycles. The molecule has 4 heteroatoms. The van der Waals surface area contributed by atoms with Crippen molar-refractivity contribution in [2.75, 3.05) is 0 Å². The van der Waals surface area contributed by atoms with Crippen LogP contribution in [0.25, 0.3) is 89.5 Å². The zero-order chi connectivity index (χ0) is 67.8. The fourth-order valence-corrected chi connectivity index (χ4v) is 13.9. The second kappa shape index (κ2) is 30.0. The van der Waals surface area contributed by atoms with Gasteiger partial charge in [-0.1, -0.05) is 135 Å². The Bertz CT molecular complexity index is 4660. The molecule has 94 heavy (non-hydrogen) atoms. The fourth-order valence-electron chi connectivity index (χ4n) is 13.9. The van der Waals surface area contributed by atoms with Gasteiger partial charge in [0.15, 0.2) is 24.8 Å². The van der Waals surface area contributed by atoms with Crippen LogP contribution in [0.5, 0.6) is 0 Å². The first-order valence-electron chi connectivity index (χ1n) is 33.4. The minimum atomic E-state index is 0.530. The smallest absolute Gasteiger partial charge is 0.201 e. The molecule has 0 amide bonds. The highest BCUT2D eigenvalue weighted by Gasteiger charge is 2.22. The van der Waals surface area contributed by atoms with Crippen LogP contribution in [-0.4, -0.2) is 0 Å². The molecule has 0 N–H and O–H groups in total. The average Bonchev–Trinajstić information content (AvgIpc) is 0.806. The summed E-state index contributed by atoms with van der Waals surface area (Å²) in [5, 5.41) is 0. The van der Waals surface area contributed by atoms with E-state index in [1.54, 1.807) is 0 Å². The first kappa shape index (κ1) is 68.7. The van der Waals surface area contributed by atoms with Crippen LogP contribution in [-0.2, 0) is 28.2 Å². The Hall–Kier alpha value is -9.64. The van der Waals surface area contributed by atoms with Crippen molar-refractivity contribution in [1.29, 1.82) is 0 Å². The van der Waals surface area contributed by atoms with E-state index in [-0.39, 0.29) is 0 Å². The Labute approximate surface area is 564 Å². The van der Waals surface area contributed by atoms with Crippen molar-refractivity contribution in [3.8, 4) is 89.5 Å². The molecule has 476 valence electrons. The third kappa shape index (κ3) is 14.9. The third-order valence-corrected chi connectivity index (χ3v) is 19.4. The summed E-state index contributed by atoms with van der Waals surface area (Å²) in [6.07, 6.45) is 8.67. The topological polar surface area (TPSA) is 15.5 Å². The van der Waals surface area contributed by atoms with Gasteiger partial charge >= 0.3 is 0 Å². The second-order valence-electron chi connectivity index (χ2n) is 26.6. The standard InChI is InChI=1S/C24H28N.C23H26N.C22H24N.C21H22N/c1-16(2)20-13-14-25(6)23(15-20)21-11-8-12-22(19(21)5)24-17(3)9-7-10-18(24)4;1-15-9-7-10-16(2)23(15)21-12-8-11-20(19(21)5)22-13-17(3)18(4)14-24(22)6;1-15-12-13-21(23(5)14-15)19-10-7-11-20(18(19)4)22-16(2)8-6-9-17(22)3;1-15-9-7-10-16(2)21(15)19-12-8-11-18(17(19)3)20-13-5-6-14-22(20)4/h7-16H,1-6H3;7-14H,1-6H3;6-14H,1-5H3;5-14H,1-4H3/q4*+1. The zero-order valence-electron chi connectivity index (χ0n) is 60.2. The molecule has 0 aliphatic heterocycles. The van der Waals surface area contributed by atoms with Gasteiger partial charge in [0.1, 0.15) is 28.2 Å². The van der Waals surface area contributed by atoms with Gasteiger partial charge in [-0.15, -0.1) is 0 Å². The predicted octanol–water partition coefficient (Wildman–Crippen LogP) is 21.1. The average molecular weight is 1240 g/mol. The molecule has 8 aromatic carbocycles. The second-order valence-corrected chi connectivity index (χ2v) is 26.6. The highest BCUT2D eigenvalue weighted by molar-refractivity contribution is 5.83. The van der Waals surface area contributed by atoms with E-state index in [2.05, 4.69) is 383 Å². The highest BCUT2D eigenvalue weighted by atomic mass is 14.9. The van der Waals surface area contributed by atoms with Gasteiger partial charge in [0.05, 0.1) is 0 Å². The molecule has 4 heterocycles. The van der Waals surface area contributed by atoms with Crippen LogP contribution in [0.1, 0.15) is 109 Å². The van der Waals surface area contributed by atoms with Crippen molar-refractivity contribution in [1.82, 2.24) is 0 Å². The molecule has 0 unspecified atom stereocenters. The van der Waals surface area contributed by atoms with Gasteiger partial charge in [0, 0.05) is 69.8 Å². The number of aromatic nitrogens is 4. The molecule has 12 rings (SSSR count). The third-order valence-electron chi connectivity index (χ3n) is 19.4. The quantitative estimate of drug-likeness (QED) is 0.128. The Morgan fingerprint density at radius 3 is 0.894 bits per heavy atom. The molecule has 0 fully saturated rings. The SMILES string of the molecule is Cc1cc(-c2cccc(-c3c(C)cccc3C)c2C)[n+](C)cc1C.Cc1ccc(-c2cccc(-c3c(C)cccc3C)c2C)[n+](C)c1.Cc1cccc(C)c1-c1cccc(-c2cc(C(C)C)cc[n+]2C)c1C.Cc1cccc(C)c1-c1cccc(-c2cccc[n+]2C)c1C. The van der Waals surface area contributed by atoms with E-state index < -0.39 is 0 Å². The maximum atomic E-state index is 2.33. The number of benzene rings is 8. The maximum absolute atomic E-state index is 2.33. The monoisotopic (exact) mass is 1240 g/mol. The number of rotatable bonds is 9. The van der Waals surface area contributed by atoms with Crippen LogP contribution in [0.15, 0.2) is 219 Å². The summed E-state index contributed by atoms with van der Waals surface area (Å²) in [5.41, 5.74) is 42.4. The summed E-state index contributed by atoms with van der Waals surface area (Å²) in [4.78, 5) is 0. The molecule has 0 aliphatic rings. The van der Waals surface area contributed by atoms with Gasteiger partial charge in [-0.05, 0) is 269 Å². The number of pyridine rings is 4. The molecule has 4 nitrogen and oxygen atoms in total. The van der Waals surface area contributed by atoms with Crippen molar-refractivity contribution in [3.05, 3.63) is 308 Å². The molecule has 0 radical (unpaired) electrons. The van der Waals surface area contributed by atoms with Crippen LogP contribution < -0.4 is 18.3 Å². The lowest BCUT2D eigenvalue weighted by Gasteiger charge is -2.15. The van der Waals surface area contributed by atoms with Crippen molar-refractivity contribution in [2.45, 2.75) is 124 Å². The highest BCUT2D eigenvalue weighted by Crippen LogP contribution is 2.39. The van der Waals surface area contributed by atoms with Gasteiger partial charge in [0.25, 0.3) is 0 Å². The van der Waals surface area contributed by atoms with E-state index in [1.165, 1.54) is 179 Å². The van der Waals surface area contributed by atoms with Crippen molar-refractivity contribution >= 4 is 0 Å². The van der Waals surface area contributed by atoms with Crippen LogP contribution in [0.3, 0.4) is 0 Å². The van der Waals surface area contributed by atoms with Gasteiger partial charge in [-0.25, -0.2) is 18.3 Å². The van der Waals surface area contributed by atoms with Crippen LogP contribution >= 0.6 is 0 Å². The minimum Gasteiger partial charge on any atom is -0.201 e. The Morgan fingerprint density at radius 1 is 0.234 bits per heavy atom. The molecule has 0 bridgehead atoms. The van der Waals surface area contributed by atoms with Crippen molar-refractivity contribution in [2.24, 2.45) is 28.2 Å². The number of aryl methyl sites for hydroxylation is 15. The summed E-state index contributed by atoms with van der Waals surface area (Å²) < 4.78 is 8.85. The lowest BCUT2D eigenvalue weighted by atomic mass is 9.89. The summed E-state index contributed by atoms with van der Waals surface area (Å²) in [6.45, 7) is 37.5. The van der Waals surface area contributed by atoms with Gasteiger partial charge < -0.3 is 0 Å². The first-order chi connectivity index (χ1) is 44.9. The zero-order valence-corrected chi connectivity index (χ0v) is 60.2. The molecule has 0 saturated heterocycles. The molecular weight excluding hydrogens is 1140 g/mol. The normalized spacial score (nSPS) is 10.9. The maximum Gasteiger partial charge on any atom is 0.212 e. The first-order valence-corrected chi connectivity index (χ1v) is 33.4. The number of hydrogen-bond acceptors (Lipinski definition) is 0. The number of nitrogens with zero attached hydrogens (tertiary/aromatic N) is 4.